The van der Waals surface area contributed by atoms with Crippen LogP contribution in [0.25, 0.3) is 10.9 Å². The van der Waals surface area contributed by atoms with E-state index in [1.54, 1.807) is 0 Å². The van der Waals surface area contributed by atoms with Crippen LogP contribution in [0.2, 0.25) is 0 Å². The molecule has 3 rings (SSSR count). The number of hydrogen-bond donors (Lipinski definition) is 1. The van der Waals surface area contributed by atoms with Crippen molar-refractivity contribution >= 4 is 16.7 Å². The predicted molar refractivity (Wildman–Crippen MR) is 71.4 cm³/mol. The molecule has 0 aliphatic carbocycles. The van der Waals surface area contributed by atoms with Crippen molar-refractivity contribution in [2.45, 2.75) is 12.5 Å². The summed E-state index contributed by atoms with van der Waals surface area (Å²) in [4.78, 5) is 7.08. The third-order valence-electron chi connectivity index (χ3n) is 3.50. The van der Waals surface area contributed by atoms with E-state index in [9.17, 15) is 0 Å². The lowest BCUT2D eigenvalue weighted by Gasteiger charge is -2.17. The molecule has 3 heteroatoms. The minimum atomic E-state index is 0.600. The first-order valence-electron chi connectivity index (χ1n) is 6.15. The maximum absolute atomic E-state index is 4.72. The monoisotopic (exact) mass is 227 g/mol. The summed E-state index contributed by atoms with van der Waals surface area (Å²) in [6.45, 7) is 2.15. The Balaban J connectivity index is 1.91. The van der Waals surface area contributed by atoms with Crippen LogP contribution in [0.5, 0.6) is 0 Å². The first-order valence-corrected chi connectivity index (χ1v) is 6.15. The SMILES string of the molecule is CNC1CCN(c2ccc3ccccc3n2)C1. The zero-order chi connectivity index (χ0) is 11.7. The summed E-state index contributed by atoms with van der Waals surface area (Å²) in [5, 5.41) is 4.54. The van der Waals surface area contributed by atoms with E-state index >= 15 is 0 Å². The third-order valence-corrected chi connectivity index (χ3v) is 3.50. The molecular weight excluding hydrogens is 210 g/mol. The summed E-state index contributed by atoms with van der Waals surface area (Å²) < 4.78 is 0. The molecule has 1 atom stereocenters. The van der Waals surface area contributed by atoms with Gasteiger partial charge in [-0.1, -0.05) is 18.2 Å². The second kappa shape index (κ2) is 4.34. The van der Waals surface area contributed by atoms with E-state index in [0.29, 0.717) is 6.04 Å². The summed E-state index contributed by atoms with van der Waals surface area (Å²) in [6, 6.07) is 13.2. The molecule has 88 valence electrons. The summed E-state index contributed by atoms with van der Waals surface area (Å²) in [6.07, 6.45) is 1.20. The molecule has 2 aromatic rings. The van der Waals surface area contributed by atoms with Crippen molar-refractivity contribution in [2.75, 3.05) is 25.0 Å². The van der Waals surface area contributed by atoms with Crippen LogP contribution in [0.15, 0.2) is 36.4 Å². The quantitative estimate of drug-likeness (QED) is 0.851. The van der Waals surface area contributed by atoms with Crippen LogP contribution < -0.4 is 10.2 Å². The van der Waals surface area contributed by atoms with Gasteiger partial charge >= 0.3 is 0 Å². The van der Waals surface area contributed by atoms with Crippen molar-refractivity contribution in [3.8, 4) is 0 Å². The number of rotatable bonds is 2. The van der Waals surface area contributed by atoms with Gasteiger partial charge in [-0.3, -0.25) is 0 Å². The molecule has 1 fully saturated rings. The molecule has 17 heavy (non-hydrogen) atoms. The van der Waals surface area contributed by atoms with Crippen LogP contribution in [-0.4, -0.2) is 31.2 Å². The third kappa shape index (κ3) is 1.98. The Hall–Kier alpha value is -1.61. The fourth-order valence-electron chi connectivity index (χ4n) is 2.44. The van der Waals surface area contributed by atoms with Crippen molar-refractivity contribution < 1.29 is 0 Å². The van der Waals surface area contributed by atoms with Crippen LogP contribution in [0, 0.1) is 0 Å². The van der Waals surface area contributed by atoms with Crippen molar-refractivity contribution in [3.05, 3.63) is 36.4 Å². The standard InChI is InChI=1S/C14H17N3/c1-15-12-8-9-17(10-12)14-7-6-11-4-2-3-5-13(11)16-14/h2-7,12,15H,8-10H2,1H3. The summed E-state index contributed by atoms with van der Waals surface area (Å²) in [5.41, 5.74) is 1.08. The van der Waals surface area contributed by atoms with Crippen molar-refractivity contribution in [3.63, 3.8) is 0 Å². The Morgan fingerprint density at radius 1 is 1.24 bits per heavy atom. The average Bonchev–Trinajstić information content (AvgIpc) is 2.87. The highest BCUT2D eigenvalue weighted by Crippen LogP contribution is 2.21. The number of likely N-dealkylation sites (N-methyl/N-ethyl adjacent to an activating group) is 1. The van der Waals surface area contributed by atoms with Gasteiger partial charge < -0.3 is 10.2 Å². The molecule has 1 N–H and O–H groups in total. The molecule has 1 aliphatic heterocycles. The molecular formula is C14H17N3. The first-order chi connectivity index (χ1) is 8.36. The highest BCUT2D eigenvalue weighted by atomic mass is 15.2. The number of pyridine rings is 1. The molecule has 0 spiro atoms. The predicted octanol–water partition coefficient (Wildman–Crippen LogP) is 2.03. The number of nitrogens with one attached hydrogen (secondary N) is 1. The Morgan fingerprint density at radius 2 is 2.12 bits per heavy atom. The lowest BCUT2D eigenvalue weighted by atomic mass is 10.2. The number of aromatic nitrogens is 1. The maximum Gasteiger partial charge on any atom is 0.129 e. The van der Waals surface area contributed by atoms with Gasteiger partial charge in [0.15, 0.2) is 0 Å². The fourth-order valence-corrected chi connectivity index (χ4v) is 2.44. The van der Waals surface area contributed by atoms with Crippen LogP contribution in [0.1, 0.15) is 6.42 Å². The molecule has 1 aromatic carbocycles. The molecule has 1 unspecified atom stereocenters. The number of fused-ring (bicyclic) bond motifs is 1. The maximum atomic E-state index is 4.72. The lowest BCUT2D eigenvalue weighted by Crippen LogP contribution is -2.29. The van der Waals surface area contributed by atoms with Crippen molar-refractivity contribution in [2.24, 2.45) is 0 Å². The smallest absolute Gasteiger partial charge is 0.129 e. The molecule has 1 aromatic heterocycles. The number of benzene rings is 1. The minimum absolute atomic E-state index is 0.600. The van der Waals surface area contributed by atoms with Crippen LogP contribution in [0.3, 0.4) is 0 Å². The second-order valence-electron chi connectivity index (χ2n) is 4.58. The molecule has 1 saturated heterocycles. The van der Waals surface area contributed by atoms with Gasteiger partial charge in [-0.15, -0.1) is 0 Å². The molecule has 3 nitrogen and oxygen atoms in total. The number of nitrogens with zero attached hydrogens (tertiary/aromatic N) is 2. The van der Waals surface area contributed by atoms with Gasteiger partial charge in [0.05, 0.1) is 5.52 Å². The molecule has 2 heterocycles. The Kier molecular flexibility index (Phi) is 2.69. The molecule has 0 radical (unpaired) electrons. The first kappa shape index (κ1) is 10.5. The van der Waals surface area contributed by atoms with Gasteiger partial charge in [-0.05, 0) is 31.7 Å². The Labute approximate surface area is 101 Å². The van der Waals surface area contributed by atoms with Gasteiger partial charge in [-0.2, -0.15) is 0 Å². The van der Waals surface area contributed by atoms with Crippen LogP contribution >= 0.6 is 0 Å². The van der Waals surface area contributed by atoms with Gasteiger partial charge in [0.2, 0.25) is 0 Å². The summed E-state index contributed by atoms with van der Waals surface area (Å²) in [7, 11) is 2.03. The summed E-state index contributed by atoms with van der Waals surface area (Å²) >= 11 is 0. The van der Waals surface area contributed by atoms with E-state index < -0.39 is 0 Å². The second-order valence-corrected chi connectivity index (χ2v) is 4.58. The number of anilines is 1. The van der Waals surface area contributed by atoms with Gasteiger partial charge in [0, 0.05) is 24.5 Å². The van der Waals surface area contributed by atoms with E-state index in [-0.39, 0.29) is 0 Å². The molecule has 0 amide bonds. The van der Waals surface area contributed by atoms with E-state index in [1.807, 2.05) is 13.1 Å². The average molecular weight is 227 g/mol. The van der Waals surface area contributed by atoms with Gasteiger partial charge in [0.25, 0.3) is 0 Å². The van der Waals surface area contributed by atoms with Crippen molar-refractivity contribution in [1.29, 1.82) is 0 Å². The van der Waals surface area contributed by atoms with E-state index in [4.69, 9.17) is 4.98 Å². The highest BCUT2D eigenvalue weighted by Gasteiger charge is 2.21. The van der Waals surface area contributed by atoms with Crippen LogP contribution in [-0.2, 0) is 0 Å². The zero-order valence-electron chi connectivity index (χ0n) is 10.1. The number of hydrogen-bond acceptors (Lipinski definition) is 3. The lowest BCUT2D eigenvalue weighted by molar-refractivity contribution is 0.616. The topological polar surface area (TPSA) is 28.2 Å². The zero-order valence-corrected chi connectivity index (χ0v) is 10.1. The number of para-hydroxylation sites is 1. The summed E-state index contributed by atoms with van der Waals surface area (Å²) in [5.74, 6) is 1.10. The molecule has 0 saturated carbocycles. The van der Waals surface area contributed by atoms with Gasteiger partial charge in [0.1, 0.15) is 5.82 Å². The van der Waals surface area contributed by atoms with E-state index in [0.717, 1.165) is 24.4 Å². The minimum Gasteiger partial charge on any atom is -0.355 e. The highest BCUT2D eigenvalue weighted by molar-refractivity contribution is 5.80. The van der Waals surface area contributed by atoms with E-state index in [1.165, 1.54) is 11.8 Å². The largest absolute Gasteiger partial charge is 0.355 e. The van der Waals surface area contributed by atoms with E-state index in [2.05, 4.69) is 40.5 Å². The molecule has 0 bridgehead atoms. The Bertz CT molecular complexity index is 524. The molecule has 1 aliphatic rings. The Morgan fingerprint density at radius 3 is 2.94 bits per heavy atom. The normalized spacial score (nSPS) is 20.1. The van der Waals surface area contributed by atoms with Crippen LogP contribution in [0.4, 0.5) is 5.82 Å². The van der Waals surface area contributed by atoms with Gasteiger partial charge in [-0.25, -0.2) is 4.98 Å². The fraction of sp³-hybridized carbons (Fsp3) is 0.357. The van der Waals surface area contributed by atoms with Crippen molar-refractivity contribution in [1.82, 2.24) is 10.3 Å².